The van der Waals surface area contributed by atoms with Gasteiger partial charge in [-0.2, -0.15) is 26.3 Å². The van der Waals surface area contributed by atoms with Gasteiger partial charge < -0.3 is 24.6 Å². The van der Waals surface area contributed by atoms with Crippen molar-refractivity contribution >= 4 is 22.4 Å². The monoisotopic (exact) mass is 619 g/mol. The van der Waals surface area contributed by atoms with Crippen molar-refractivity contribution in [3.8, 4) is 5.88 Å². The van der Waals surface area contributed by atoms with E-state index in [-0.39, 0.29) is 43.8 Å². The van der Waals surface area contributed by atoms with Crippen molar-refractivity contribution in [2.75, 3.05) is 50.3 Å². The van der Waals surface area contributed by atoms with Crippen LogP contribution in [0.3, 0.4) is 0 Å². The Morgan fingerprint density at radius 2 is 1.69 bits per heavy atom. The van der Waals surface area contributed by atoms with E-state index >= 15 is 0 Å². The average molecular weight is 620 g/mol. The van der Waals surface area contributed by atoms with Crippen LogP contribution in [-0.2, 0) is 41.0 Å². The molecule has 1 saturated heterocycles. The first-order valence-electron chi connectivity index (χ1n) is 13.1. The number of pyridine rings is 1. The van der Waals surface area contributed by atoms with Crippen LogP contribution >= 0.6 is 0 Å². The number of hydrogen-bond acceptors (Lipinski definition) is 8. The summed E-state index contributed by atoms with van der Waals surface area (Å²) in [6, 6.07) is 5.07. The number of halogens is 6. The molecule has 1 aromatic carbocycles. The molecule has 1 unspecified atom stereocenters. The summed E-state index contributed by atoms with van der Waals surface area (Å²) in [6.45, 7) is 1.50. The summed E-state index contributed by atoms with van der Waals surface area (Å²) in [4.78, 5) is 12.7. The van der Waals surface area contributed by atoms with Crippen molar-refractivity contribution in [1.29, 1.82) is 0 Å². The van der Waals surface area contributed by atoms with Crippen molar-refractivity contribution in [1.82, 2.24) is 15.2 Å². The molecule has 1 fully saturated rings. The first kappa shape index (κ1) is 31.4. The van der Waals surface area contributed by atoms with Crippen LogP contribution in [-0.4, -0.2) is 65.4 Å². The van der Waals surface area contributed by atoms with E-state index in [0.717, 1.165) is 31.6 Å². The molecule has 0 bridgehead atoms. The second-order valence-electron chi connectivity index (χ2n) is 9.80. The molecule has 0 aliphatic carbocycles. The summed E-state index contributed by atoms with van der Waals surface area (Å²) in [6.07, 6.45) is -4.93. The van der Waals surface area contributed by atoms with Gasteiger partial charge in [0.15, 0.2) is 5.96 Å². The minimum atomic E-state index is -4.98. The van der Waals surface area contributed by atoms with Crippen LogP contribution in [0.25, 0.3) is 0 Å². The molecule has 0 spiro atoms. The highest BCUT2D eigenvalue weighted by Crippen LogP contribution is 2.37. The van der Waals surface area contributed by atoms with Crippen molar-refractivity contribution in [3.05, 3.63) is 64.7 Å². The van der Waals surface area contributed by atoms with Crippen molar-refractivity contribution in [2.24, 2.45) is 4.99 Å². The number of nitrogens with zero attached hydrogens (tertiary/aromatic N) is 4. The van der Waals surface area contributed by atoms with Gasteiger partial charge in [0.1, 0.15) is 12.3 Å². The molecule has 230 valence electrons. The molecule has 1 N–H and O–H groups in total. The van der Waals surface area contributed by atoms with Gasteiger partial charge in [0.25, 0.3) is 0 Å². The maximum atomic E-state index is 13.6. The zero-order valence-electron chi connectivity index (χ0n) is 23.0. The Kier molecular flexibility index (Phi) is 9.89. The van der Waals surface area contributed by atoms with E-state index in [9.17, 15) is 30.6 Å². The SMILES string of the molecule is COc1ccc(N2CCCC2)c(CN(Cc2cc(C(F)(F)F)cc(C(F)(F)F)c2)C2=NCC(OCCS(C)=O)=CN2)n1. The second kappa shape index (κ2) is 13.2. The van der Waals surface area contributed by atoms with Gasteiger partial charge in [-0.15, -0.1) is 0 Å². The lowest BCUT2D eigenvalue weighted by molar-refractivity contribution is -0.143. The van der Waals surface area contributed by atoms with Gasteiger partial charge >= 0.3 is 12.4 Å². The van der Waals surface area contributed by atoms with E-state index < -0.39 is 34.3 Å². The lowest BCUT2D eigenvalue weighted by atomic mass is 10.0. The van der Waals surface area contributed by atoms with Crippen LogP contribution in [0.1, 0.15) is 35.2 Å². The van der Waals surface area contributed by atoms with Crippen LogP contribution in [0.5, 0.6) is 5.88 Å². The van der Waals surface area contributed by atoms with Gasteiger partial charge in [0.2, 0.25) is 5.88 Å². The number of rotatable bonds is 10. The van der Waals surface area contributed by atoms with E-state index in [1.807, 2.05) is 6.07 Å². The van der Waals surface area contributed by atoms with Crippen LogP contribution in [0, 0.1) is 0 Å². The normalized spacial score (nSPS) is 16.4. The highest BCUT2D eigenvalue weighted by Gasteiger charge is 2.37. The molecule has 8 nitrogen and oxygen atoms in total. The molecule has 3 heterocycles. The lowest BCUT2D eigenvalue weighted by Gasteiger charge is -2.30. The zero-order valence-corrected chi connectivity index (χ0v) is 23.8. The van der Waals surface area contributed by atoms with E-state index in [1.54, 1.807) is 12.3 Å². The Balaban J connectivity index is 1.69. The summed E-state index contributed by atoms with van der Waals surface area (Å²) >= 11 is 0. The number of aliphatic imine (C=N–C) groups is 1. The molecular formula is C27H31F6N5O3S. The van der Waals surface area contributed by atoms with Crippen LogP contribution in [0.4, 0.5) is 32.0 Å². The quantitative estimate of drug-likeness (QED) is 0.378. The van der Waals surface area contributed by atoms with E-state index in [2.05, 4.69) is 20.2 Å². The number of hydrogen-bond donors (Lipinski definition) is 1. The number of nitrogens with one attached hydrogen (secondary N) is 1. The zero-order chi connectivity index (χ0) is 30.5. The number of guanidine groups is 1. The molecule has 42 heavy (non-hydrogen) atoms. The number of alkyl halides is 6. The minimum Gasteiger partial charge on any atom is -0.493 e. The highest BCUT2D eigenvalue weighted by molar-refractivity contribution is 7.84. The Labute approximate surface area is 241 Å². The molecule has 2 aliphatic heterocycles. The van der Waals surface area contributed by atoms with Crippen LogP contribution in [0.15, 0.2) is 47.3 Å². The standard InChI is InChI=1S/C27H31F6N5O3S/c1-40-24-6-5-23(37-7-3-4-8-37)22(36-24)17-38(25-34-14-21(15-35-25)41-9-10-42(2)39)16-18-11-19(26(28,29)30)13-20(12-18)27(31,32)33/h5-6,11-14H,3-4,7-10,15-17H2,1-2H3,(H,34,35). The van der Waals surface area contributed by atoms with Gasteiger partial charge in [-0.3, -0.25) is 4.21 Å². The second-order valence-corrected chi connectivity index (χ2v) is 11.4. The summed E-state index contributed by atoms with van der Waals surface area (Å²) in [5, 5.41) is 2.95. The third kappa shape index (κ3) is 8.29. The Morgan fingerprint density at radius 3 is 2.24 bits per heavy atom. The maximum absolute atomic E-state index is 13.6. The molecule has 0 radical (unpaired) electrons. The van der Waals surface area contributed by atoms with Crippen molar-refractivity contribution < 1.29 is 40.0 Å². The molecule has 2 aromatic rings. The molecule has 2 aliphatic rings. The Morgan fingerprint density at radius 1 is 1.02 bits per heavy atom. The van der Waals surface area contributed by atoms with Crippen LogP contribution < -0.4 is 15.0 Å². The van der Waals surface area contributed by atoms with E-state index in [1.165, 1.54) is 18.2 Å². The Hall–Kier alpha value is -3.49. The number of methoxy groups -OCH3 is 1. The summed E-state index contributed by atoms with van der Waals surface area (Å²) in [5.74, 6) is 1.29. The minimum absolute atomic E-state index is 0.00527. The fourth-order valence-electron chi connectivity index (χ4n) is 4.63. The molecule has 1 aromatic heterocycles. The van der Waals surface area contributed by atoms with Gasteiger partial charge in [-0.1, -0.05) is 0 Å². The third-order valence-corrected chi connectivity index (χ3v) is 7.39. The van der Waals surface area contributed by atoms with E-state index in [0.29, 0.717) is 35.2 Å². The number of benzene rings is 1. The largest absolute Gasteiger partial charge is 0.493 e. The van der Waals surface area contributed by atoms with Crippen molar-refractivity contribution in [3.63, 3.8) is 0 Å². The average Bonchev–Trinajstić information content (AvgIpc) is 3.46. The van der Waals surface area contributed by atoms with Gasteiger partial charge in [0.05, 0.1) is 48.5 Å². The topological polar surface area (TPSA) is 79.3 Å². The maximum Gasteiger partial charge on any atom is 0.416 e. The smallest absolute Gasteiger partial charge is 0.416 e. The van der Waals surface area contributed by atoms with Crippen LogP contribution in [0.2, 0.25) is 0 Å². The van der Waals surface area contributed by atoms with Gasteiger partial charge in [-0.05, 0) is 42.7 Å². The van der Waals surface area contributed by atoms with E-state index in [4.69, 9.17) is 9.47 Å². The predicted molar refractivity (Wildman–Crippen MR) is 146 cm³/mol. The lowest BCUT2D eigenvalue weighted by Crippen LogP contribution is -2.41. The summed E-state index contributed by atoms with van der Waals surface area (Å²) < 4.78 is 104. The van der Waals surface area contributed by atoms with Crippen molar-refractivity contribution in [2.45, 2.75) is 38.3 Å². The molecule has 15 heteroatoms. The first-order chi connectivity index (χ1) is 19.8. The predicted octanol–water partition coefficient (Wildman–Crippen LogP) is 4.93. The number of ether oxygens (including phenoxy) is 2. The fourth-order valence-corrected chi connectivity index (χ4v) is 4.94. The fraction of sp³-hybridized carbons (Fsp3) is 0.481. The Bertz CT molecular complexity index is 1310. The van der Waals surface area contributed by atoms with Gasteiger partial charge in [0, 0.05) is 49.0 Å². The molecule has 0 amide bonds. The third-order valence-electron chi connectivity index (χ3n) is 6.65. The molecular weight excluding hydrogens is 588 g/mol. The first-order valence-corrected chi connectivity index (χ1v) is 14.8. The summed E-state index contributed by atoms with van der Waals surface area (Å²) in [5.41, 5.74) is -1.68. The summed E-state index contributed by atoms with van der Waals surface area (Å²) in [7, 11) is 0.401. The molecule has 4 rings (SSSR count). The molecule has 1 atom stereocenters. The van der Waals surface area contributed by atoms with Gasteiger partial charge in [-0.25, -0.2) is 9.98 Å². The highest BCUT2D eigenvalue weighted by atomic mass is 32.2. The molecule has 0 saturated carbocycles. The number of aromatic nitrogens is 1. The number of anilines is 1.